The van der Waals surface area contributed by atoms with E-state index in [9.17, 15) is 13.2 Å². The van der Waals surface area contributed by atoms with Crippen molar-refractivity contribution in [1.82, 2.24) is 4.98 Å². The molecule has 8 heteroatoms. The normalized spacial score (nSPS) is 12.2. The molecule has 0 saturated carbocycles. The lowest BCUT2D eigenvalue weighted by Crippen LogP contribution is -2.04. The standard InChI is InChI=1S/C22H14ClF3N2OS/c23-15-7-11-17(12-8-15)29-20-4-2-1-3-18(20)19-13-30-21(28-19)27-16-9-5-14(6-10-16)22(24,25)26/h1-13H,(H,27,28). The lowest BCUT2D eigenvalue weighted by molar-refractivity contribution is -0.137. The van der Waals surface area contributed by atoms with E-state index in [2.05, 4.69) is 9.98 Å². The first-order valence-corrected chi connectivity index (χ1v) is 10.1. The number of para-hydroxylation sites is 1. The molecule has 4 rings (SSSR count). The predicted octanol–water partition coefficient (Wildman–Crippen LogP) is 7.44. The molecule has 30 heavy (non-hydrogen) atoms. The van der Waals surface area contributed by atoms with Crippen molar-refractivity contribution >= 4 is 28.6 Å². The van der Waals surface area contributed by atoms with Crippen LogP contribution < -0.4 is 9.54 Å². The number of alkyl halides is 3. The second-order valence-corrected chi connectivity index (χ2v) is 7.58. The molecule has 0 aliphatic carbocycles. The number of ether oxygens (including phenoxy) is 1. The monoisotopic (exact) mass is 446 g/mol. The minimum atomic E-state index is -4.37. The first-order chi connectivity index (χ1) is 14.4. The van der Waals surface area contributed by atoms with Crippen molar-refractivity contribution < 1.29 is 17.9 Å². The number of nitrogens with one attached hydrogen (secondary N) is 1. The Labute approximate surface area is 179 Å². The predicted molar refractivity (Wildman–Crippen MR) is 112 cm³/mol. The van der Waals surface area contributed by atoms with Gasteiger partial charge in [-0.3, -0.25) is 0 Å². The zero-order valence-corrected chi connectivity index (χ0v) is 16.9. The molecule has 0 saturated heterocycles. The number of rotatable bonds is 4. The molecule has 3 aromatic carbocycles. The Balaban J connectivity index is 1.61. The molecule has 0 unspecified atom stereocenters. The minimum absolute atomic E-state index is 0.429. The molecule has 0 fully saturated rings. The Morgan fingerprint density at radius 1 is 0.900 bits per heavy atom. The highest BCUT2D eigenvalue weighted by Gasteiger charge is 2.29. The minimum Gasteiger partial charge on any atom is -0.457 e. The van der Waals surface area contributed by atoms with Gasteiger partial charge in [-0.1, -0.05) is 23.7 Å². The van der Waals surface area contributed by atoms with Crippen LogP contribution in [0, 0.1) is 0 Å². The number of H-pyrrole nitrogens is 1. The lowest BCUT2D eigenvalue weighted by atomic mass is 10.1. The van der Waals surface area contributed by atoms with E-state index in [1.807, 2.05) is 29.6 Å². The van der Waals surface area contributed by atoms with E-state index in [-0.39, 0.29) is 0 Å². The molecule has 0 bridgehead atoms. The van der Waals surface area contributed by atoms with Gasteiger partial charge < -0.3 is 9.72 Å². The number of halogens is 4. The Bertz CT molecular complexity index is 1210. The molecule has 0 atom stereocenters. The van der Waals surface area contributed by atoms with Gasteiger partial charge in [0.25, 0.3) is 0 Å². The fraction of sp³-hybridized carbons (Fsp3) is 0.0455. The molecule has 152 valence electrons. The maximum Gasteiger partial charge on any atom is 0.416 e. The number of aromatic nitrogens is 1. The summed E-state index contributed by atoms with van der Waals surface area (Å²) in [5, 5.41) is 2.50. The first kappa shape index (κ1) is 20.3. The van der Waals surface area contributed by atoms with Gasteiger partial charge in [0.15, 0.2) is 4.80 Å². The summed E-state index contributed by atoms with van der Waals surface area (Å²) in [7, 11) is 0. The van der Waals surface area contributed by atoms with Gasteiger partial charge >= 0.3 is 6.18 Å². The summed E-state index contributed by atoms with van der Waals surface area (Å²) in [6.07, 6.45) is -4.37. The van der Waals surface area contributed by atoms with Crippen LogP contribution in [0.15, 0.2) is 83.2 Å². The van der Waals surface area contributed by atoms with Crippen molar-refractivity contribution in [2.75, 3.05) is 0 Å². The third kappa shape index (κ3) is 4.75. The molecule has 1 aromatic heterocycles. The van der Waals surface area contributed by atoms with Crippen LogP contribution >= 0.6 is 22.9 Å². The molecule has 0 spiro atoms. The Hall–Kier alpha value is -3.03. The number of thiazole rings is 1. The van der Waals surface area contributed by atoms with Crippen molar-refractivity contribution in [3.63, 3.8) is 0 Å². The molecular weight excluding hydrogens is 433 g/mol. The third-order valence-corrected chi connectivity index (χ3v) is 5.20. The summed E-state index contributed by atoms with van der Waals surface area (Å²) in [4.78, 5) is 8.12. The highest BCUT2D eigenvalue weighted by Crippen LogP contribution is 2.33. The summed E-state index contributed by atoms with van der Waals surface area (Å²) in [5.41, 5.74) is 1.34. The summed E-state index contributed by atoms with van der Waals surface area (Å²) in [5.74, 6) is 1.30. The Morgan fingerprint density at radius 2 is 1.60 bits per heavy atom. The van der Waals surface area contributed by atoms with Crippen molar-refractivity contribution in [3.05, 3.63) is 93.6 Å². The summed E-state index contributed by atoms with van der Waals surface area (Å²) in [6, 6.07) is 19.3. The largest absolute Gasteiger partial charge is 0.457 e. The van der Waals surface area contributed by atoms with Crippen LogP contribution in [0.1, 0.15) is 5.56 Å². The molecule has 4 aromatic rings. The molecule has 0 aliphatic heterocycles. The molecule has 1 heterocycles. The van der Waals surface area contributed by atoms with E-state index in [1.165, 1.54) is 23.5 Å². The van der Waals surface area contributed by atoms with Gasteiger partial charge in [-0.25, -0.2) is 4.99 Å². The number of benzene rings is 3. The van der Waals surface area contributed by atoms with Gasteiger partial charge in [0.1, 0.15) is 11.5 Å². The SMILES string of the molecule is FC(F)(F)c1ccc(N=c2[nH]c(-c3ccccc3Oc3ccc(Cl)cc3)cs2)cc1. The number of nitrogens with zero attached hydrogens (tertiary/aromatic N) is 1. The van der Waals surface area contributed by atoms with Crippen LogP contribution in [0.5, 0.6) is 11.5 Å². The number of hydrogen-bond acceptors (Lipinski definition) is 3. The summed E-state index contributed by atoms with van der Waals surface area (Å²) >= 11 is 7.27. The number of aromatic amines is 1. The molecule has 0 amide bonds. The van der Waals surface area contributed by atoms with E-state index in [1.54, 1.807) is 24.3 Å². The second-order valence-electron chi connectivity index (χ2n) is 6.29. The van der Waals surface area contributed by atoms with Crippen LogP contribution in [0.25, 0.3) is 11.3 Å². The highest BCUT2D eigenvalue weighted by atomic mass is 35.5. The van der Waals surface area contributed by atoms with E-state index in [4.69, 9.17) is 16.3 Å². The van der Waals surface area contributed by atoms with Gasteiger partial charge in [-0.2, -0.15) is 13.2 Å². The topological polar surface area (TPSA) is 37.4 Å². The van der Waals surface area contributed by atoms with E-state index >= 15 is 0 Å². The number of hydrogen-bond donors (Lipinski definition) is 1. The fourth-order valence-corrected chi connectivity index (χ4v) is 3.59. The lowest BCUT2D eigenvalue weighted by Gasteiger charge is -2.10. The smallest absolute Gasteiger partial charge is 0.416 e. The summed E-state index contributed by atoms with van der Waals surface area (Å²) < 4.78 is 44.1. The third-order valence-electron chi connectivity index (χ3n) is 4.17. The maximum atomic E-state index is 12.7. The average Bonchev–Trinajstić information content (AvgIpc) is 3.18. The average molecular weight is 447 g/mol. The Morgan fingerprint density at radius 3 is 2.30 bits per heavy atom. The fourth-order valence-electron chi connectivity index (χ4n) is 2.72. The quantitative estimate of drug-likeness (QED) is 0.347. The zero-order chi connectivity index (χ0) is 21.1. The van der Waals surface area contributed by atoms with Crippen LogP contribution in [0.2, 0.25) is 5.02 Å². The van der Waals surface area contributed by atoms with Crippen molar-refractivity contribution in [3.8, 4) is 22.8 Å². The van der Waals surface area contributed by atoms with Crippen LogP contribution in [-0.4, -0.2) is 4.98 Å². The van der Waals surface area contributed by atoms with Gasteiger partial charge in [-0.15, -0.1) is 11.3 Å². The van der Waals surface area contributed by atoms with E-state index in [0.717, 1.165) is 23.4 Å². The van der Waals surface area contributed by atoms with Crippen LogP contribution in [0.3, 0.4) is 0 Å². The molecular formula is C22H14ClF3N2OS. The van der Waals surface area contributed by atoms with Crippen LogP contribution in [0.4, 0.5) is 18.9 Å². The summed E-state index contributed by atoms with van der Waals surface area (Å²) in [6.45, 7) is 0. The van der Waals surface area contributed by atoms with Crippen molar-refractivity contribution in [2.24, 2.45) is 4.99 Å². The molecule has 0 aliphatic rings. The zero-order valence-electron chi connectivity index (χ0n) is 15.3. The van der Waals surface area contributed by atoms with Crippen molar-refractivity contribution in [2.45, 2.75) is 6.18 Å². The first-order valence-electron chi connectivity index (χ1n) is 8.81. The molecule has 1 N–H and O–H groups in total. The van der Waals surface area contributed by atoms with E-state index < -0.39 is 11.7 Å². The van der Waals surface area contributed by atoms with E-state index in [0.29, 0.717) is 27.0 Å². The Kier molecular flexibility index (Phi) is 5.65. The van der Waals surface area contributed by atoms with Gasteiger partial charge in [0.05, 0.1) is 16.9 Å². The van der Waals surface area contributed by atoms with Crippen molar-refractivity contribution in [1.29, 1.82) is 0 Å². The highest BCUT2D eigenvalue weighted by molar-refractivity contribution is 7.07. The van der Waals surface area contributed by atoms with Gasteiger partial charge in [-0.05, 0) is 60.7 Å². The molecule has 3 nitrogen and oxygen atoms in total. The van der Waals surface area contributed by atoms with Gasteiger partial charge in [0, 0.05) is 16.0 Å². The molecule has 0 radical (unpaired) electrons. The van der Waals surface area contributed by atoms with Crippen LogP contribution in [-0.2, 0) is 6.18 Å². The maximum absolute atomic E-state index is 12.7. The second kappa shape index (κ2) is 8.38. The van der Waals surface area contributed by atoms with Gasteiger partial charge in [0.2, 0.25) is 0 Å².